The van der Waals surface area contributed by atoms with Crippen molar-refractivity contribution in [2.45, 2.75) is 26.2 Å². The van der Waals surface area contributed by atoms with Gasteiger partial charge in [0, 0.05) is 11.5 Å². The van der Waals surface area contributed by atoms with Crippen LogP contribution in [0.4, 0.5) is 0 Å². The summed E-state index contributed by atoms with van der Waals surface area (Å²) in [7, 11) is 0. The van der Waals surface area contributed by atoms with Gasteiger partial charge in [-0.2, -0.15) is 4.98 Å². The smallest absolute Gasteiger partial charge is 0.278 e. The normalized spacial score (nSPS) is 14.6. The number of rotatable bonds is 0. The van der Waals surface area contributed by atoms with Crippen LogP contribution in [0.2, 0.25) is 0 Å². The van der Waals surface area contributed by atoms with E-state index in [1.165, 1.54) is 18.2 Å². The molecule has 2 aromatic rings. The Bertz CT molecular complexity index is 923. The minimum absolute atomic E-state index is 0.0825. The number of fused-ring (bicyclic) bond motifs is 1. The van der Waals surface area contributed by atoms with Gasteiger partial charge in [-0.05, 0) is 40.3 Å². The maximum atomic E-state index is 11.3. The number of nitrogens with one attached hydrogen (secondary N) is 1. The van der Waals surface area contributed by atoms with Crippen molar-refractivity contribution in [3.05, 3.63) is 41.5 Å². The van der Waals surface area contributed by atoms with Gasteiger partial charge in [0.25, 0.3) is 5.78 Å². The van der Waals surface area contributed by atoms with Gasteiger partial charge >= 0.3 is 0 Å². The number of allylic oxidation sites excluding steroid dienone is 4. The summed E-state index contributed by atoms with van der Waals surface area (Å²) in [5, 5.41) is 21.9. The summed E-state index contributed by atoms with van der Waals surface area (Å²) in [5.41, 5.74) is 0.436. The van der Waals surface area contributed by atoms with Crippen LogP contribution in [0.1, 0.15) is 26.6 Å². The van der Waals surface area contributed by atoms with Crippen molar-refractivity contribution in [2.24, 2.45) is 0 Å². The largest absolute Gasteiger partial charge is 0.493 e. The van der Waals surface area contributed by atoms with Crippen LogP contribution < -0.4 is 5.35 Å². The Labute approximate surface area is 131 Å². The molecular weight excluding hydrogens is 296 g/mol. The van der Waals surface area contributed by atoms with Gasteiger partial charge in [0.05, 0.1) is 5.35 Å². The van der Waals surface area contributed by atoms with Crippen molar-refractivity contribution >= 4 is 17.1 Å². The maximum absolute atomic E-state index is 11.3. The van der Waals surface area contributed by atoms with Gasteiger partial charge in [-0.1, -0.05) is 25.9 Å². The second kappa shape index (κ2) is 5.31. The van der Waals surface area contributed by atoms with E-state index in [1.807, 2.05) is 20.8 Å². The van der Waals surface area contributed by atoms with Crippen LogP contribution in [0, 0.1) is 0 Å². The molecule has 0 atom stereocenters. The van der Waals surface area contributed by atoms with Crippen LogP contribution in [0.15, 0.2) is 30.4 Å². The topological polar surface area (TPSA) is 109 Å². The summed E-state index contributed by atoms with van der Waals surface area (Å²) < 4.78 is 1.15. The molecule has 23 heavy (non-hydrogen) atoms. The average molecular weight is 312 g/mol. The van der Waals surface area contributed by atoms with Crippen molar-refractivity contribution in [3.8, 4) is 5.88 Å². The fraction of sp³-hybridized carbons (Fsp3) is 0.267. The number of ketones is 1. The van der Waals surface area contributed by atoms with E-state index >= 15 is 0 Å². The van der Waals surface area contributed by atoms with Crippen molar-refractivity contribution < 1.29 is 9.90 Å². The van der Waals surface area contributed by atoms with Gasteiger partial charge in [-0.15, -0.1) is 4.52 Å². The number of nitrogens with zero attached hydrogens (tertiary/aromatic N) is 5. The lowest BCUT2D eigenvalue weighted by atomic mass is 9.96. The zero-order valence-corrected chi connectivity index (χ0v) is 13.0. The first-order valence-corrected chi connectivity index (χ1v) is 7.04. The number of aromatic nitrogens is 6. The second-order valence-corrected chi connectivity index (χ2v) is 6.17. The Morgan fingerprint density at radius 3 is 2.52 bits per heavy atom. The fourth-order valence-electron chi connectivity index (χ4n) is 2.03. The van der Waals surface area contributed by atoms with Gasteiger partial charge in [-0.3, -0.25) is 4.79 Å². The molecule has 0 amide bonds. The number of hydrogen-bond acceptors (Lipinski definition) is 6. The number of hydrogen-bond donors (Lipinski definition) is 2. The molecule has 0 aliphatic heterocycles. The van der Waals surface area contributed by atoms with Gasteiger partial charge in [0.15, 0.2) is 5.78 Å². The lowest BCUT2D eigenvalue weighted by Crippen LogP contribution is -2.22. The summed E-state index contributed by atoms with van der Waals surface area (Å²) in [6, 6.07) is 1.50. The van der Waals surface area contributed by atoms with Gasteiger partial charge in [-0.25, -0.2) is 0 Å². The number of aromatic hydroxyl groups is 1. The molecule has 0 saturated carbocycles. The minimum atomic E-state index is -0.304. The van der Waals surface area contributed by atoms with Crippen LogP contribution in [0.5, 0.6) is 5.88 Å². The summed E-state index contributed by atoms with van der Waals surface area (Å²) in [6.45, 7) is 5.99. The van der Waals surface area contributed by atoms with E-state index in [4.69, 9.17) is 0 Å². The predicted octanol–water partition coefficient (Wildman–Crippen LogP) is 0.540. The van der Waals surface area contributed by atoms with E-state index in [-0.39, 0.29) is 22.9 Å². The Hall–Kier alpha value is -3.03. The lowest BCUT2D eigenvalue weighted by molar-refractivity contribution is -0.110. The molecule has 0 saturated heterocycles. The maximum Gasteiger partial charge on any atom is 0.278 e. The van der Waals surface area contributed by atoms with Crippen molar-refractivity contribution in [1.29, 1.82) is 0 Å². The van der Waals surface area contributed by atoms with Crippen LogP contribution in [-0.4, -0.2) is 40.9 Å². The highest BCUT2D eigenvalue weighted by molar-refractivity contribution is 6.04. The number of aromatic amines is 1. The highest BCUT2D eigenvalue weighted by Crippen LogP contribution is 2.17. The highest BCUT2D eigenvalue weighted by atomic mass is 16.3. The number of carbonyl (C=O) groups excluding carboxylic acids is 1. The van der Waals surface area contributed by atoms with Crippen molar-refractivity contribution in [2.75, 3.05) is 0 Å². The van der Waals surface area contributed by atoms with E-state index in [0.29, 0.717) is 11.2 Å². The van der Waals surface area contributed by atoms with Crippen molar-refractivity contribution in [1.82, 2.24) is 30.0 Å². The zero-order valence-electron chi connectivity index (χ0n) is 13.0. The summed E-state index contributed by atoms with van der Waals surface area (Å²) in [4.78, 5) is 18.9. The van der Waals surface area contributed by atoms with Crippen LogP contribution in [-0.2, 0) is 10.2 Å². The summed E-state index contributed by atoms with van der Waals surface area (Å²) in [6.07, 6.45) is 6.28. The summed E-state index contributed by atoms with van der Waals surface area (Å²) >= 11 is 0. The molecule has 8 nitrogen and oxygen atoms in total. The predicted molar refractivity (Wildman–Crippen MR) is 82.8 cm³/mol. The number of carbonyl (C=O) groups is 1. The third-order valence-electron chi connectivity index (χ3n) is 3.28. The molecule has 0 unspecified atom stereocenters. The minimum Gasteiger partial charge on any atom is -0.493 e. The van der Waals surface area contributed by atoms with Gasteiger partial charge < -0.3 is 10.1 Å². The molecule has 0 bridgehead atoms. The SMILES string of the molecule is CC(C)(C)c1nc2nnnn2c(O)cc(=C2C=CC(=O)C=C2)[nH]1. The molecule has 118 valence electrons. The first-order chi connectivity index (χ1) is 10.8. The first kappa shape index (κ1) is 14.9. The molecule has 2 N–H and O–H groups in total. The Balaban J connectivity index is 2.43. The van der Waals surface area contributed by atoms with Gasteiger partial charge in [0.1, 0.15) is 5.82 Å². The molecule has 8 heteroatoms. The third-order valence-corrected chi connectivity index (χ3v) is 3.28. The first-order valence-electron chi connectivity index (χ1n) is 7.04. The molecule has 0 spiro atoms. The quantitative estimate of drug-likeness (QED) is 0.735. The molecule has 0 aromatic carbocycles. The van der Waals surface area contributed by atoms with Crippen LogP contribution in [0.25, 0.3) is 11.4 Å². The standard InChI is InChI=1S/C15H16N6O2/c1-15(2,3)13-16-11(9-4-6-10(22)7-5-9)8-12(23)21-14(17-13)18-19-20-21/h4-8,23H,1-3H3,(H,16,17,18,20). The second-order valence-electron chi connectivity index (χ2n) is 6.17. The average Bonchev–Trinajstić information content (AvgIpc) is 2.91. The monoisotopic (exact) mass is 312 g/mol. The number of H-pyrrole nitrogens is 1. The van der Waals surface area contributed by atoms with E-state index in [0.717, 1.165) is 10.1 Å². The zero-order chi connectivity index (χ0) is 16.6. The Kier molecular flexibility index (Phi) is 3.44. The van der Waals surface area contributed by atoms with Crippen LogP contribution in [0.3, 0.4) is 0 Å². The molecule has 2 aromatic heterocycles. The van der Waals surface area contributed by atoms with E-state index in [1.54, 1.807) is 12.2 Å². The summed E-state index contributed by atoms with van der Waals surface area (Å²) in [5.74, 6) is 0.569. The Morgan fingerprint density at radius 1 is 1.17 bits per heavy atom. The molecule has 1 aliphatic rings. The third kappa shape index (κ3) is 2.96. The molecule has 2 heterocycles. The molecule has 0 fully saturated rings. The van der Waals surface area contributed by atoms with Gasteiger partial charge in [0.2, 0.25) is 5.88 Å². The van der Waals surface area contributed by atoms with E-state index in [9.17, 15) is 9.90 Å². The lowest BCUT2D eigenvalue weighted by Gasteiger charge is -2.16. The molecule has 0 radical (unpaired) electrons. The van der Waals surface area contributed by atoms with Crippen LogP contribution >= 0.6 is 0 Å². The van der Waals surface area contributed by atoms with Crippen molar-refractivity contribution in [3.63, 3.8) is 0 Å². The van der Waals surface area contributed by atoms with E-state index < -0.39 is 0 Å². The highest BCUT2D eigenvalue weighted by Gasteiger charge is 2.17. The molecular formula is C15H16N6O2. The fourth-order valence-corrected chi connectivity index (χ4v) is 2.03. The van der Waals surface area contributed by atoms with E-state index in [2.05, 4.69) is 25.5 Å². The molecule has 1 aliphatic carbocycles. The number of tetrazole rings is 1. The molecule has 3 rings (SSSR count). The Morgan fingerprint density at radius 2 is 1.87 bits per heavy atom.